The molecule has 0 amide bonds. The summed E-state index contributed by atoms with van der Waals surface area (Å²) in [6.45, 7) is 0. The highest BCUT2D eigenvalue weighted by Crippen LogP contribution is 2.49. The van der Waals surface area contributed by atoms with E-state index in [1.54, 1.807) is 0 Å². The number of nitrogens with zero attached hydrogens (tertiary/aromatic N) is 2. The van der Waals surface area contributed by atoms with Crippen molar-refractivity contribution in [1.82, 2.24) is 4.57 Å². The normalized spacial score (nSPS) is 11.3. The Morgan fingerprint density at radius 1 is 0.250 bits per heavy atom. The maximum atomic E-state index is 2.51. The molecule has 10 aromatic carbocycles. The van der Waals surface area contributed by atoms with E-state index in [4.69, 9.17) is 0 Å². The second-order valence-corrected chi connectivity index (χ2v) is 15.2. The lowest BCUT2D eigenvalue weighted by Gasteiger charge is -2.30. The van der Waals surface area contributed by atoms with Crippen LogP contribution in [0.4, 0.5) is 17.1 Å². The van der Waals surface area contributed by atoms with Crippen molar-refractivity contribution in [3.8, 4) is 50.2 Å². The monoisotopic (exact) mass is 764 g/mol. The molecular formula is C58H40N2. The molecule has 0 atom stereocenters. The zero-order valence-electron chi connectivity index (χ0n) is 33.0. The molecule has 0 bridgehead atoms. The van der Waals surface area contributed by atoms with Crippen LogP contribution in [0, 0.1) is 0 Å². The highest BCUT2D eigenvalue weighted by atomic mass is 15.2. The third kappa shape index (κ3) is 6.06. The Morgan fingerprint density at radius 3 is 1.47 bits per heavy atom. The van der Waals surface area contributed by atoms with Gasteiger partial charge in [0, 0.05) is 27.3 Å². The van der Waals surface area contributed by atoms with E-state index >= 15 is 0 Å². The lowest BCUT2D eigenvalue weighted by atomic mass is 9.94. The topological polar surface area (TPSA) is 8.17 Å². The molecular weight excluding hydrogens is 725 g/mol. The van der Waals surface area contributed by atoms with E-state index < -0.39 is 0 Å². The molecule has 282 valence electrons. The molecule has 0 aliphatic rings. The second kappa shape index (κ2) is 15.1. The van der Waals surface area contributed by atoms with E-state index in [9.17, 15) is 0 Å². The zero-order chi connectivity index (χ0) is 39.8. The second-order valence-electron chi connectivity index (χ2n) is 15.2. The van der Waals surface area contributed by atoms with Crippen molar-refractivity contribution < 1.29 is 0 Å². The minimum Gasteiger partial charge on any atom is -0.309 e. The maximum Gasteiger partial charge on any atom is 0.0562 e. The summed E-state index contributed by atoms with van der Waals surface area (Å²) in [6, 6.07) is 87.9. The average molecular weight is 765 g/mol. The summed E-state index contributed by atoms with van der Waals surface area (Å²) >= 11 is 0. The molecule has 0 fully saturated rings. The zero-order valence-corrected chi connectivity index (χ0v) is 33.0. The minimum atomic E-state index is 1.11. The molecule has 11 rings (SSSR count). The van der Waals surface area contributed by atoms with Gasteiger partial charge in [-0.1, -0.05) is 206 Å². The fourth-order valence-electron chi connectivity index (χ4n) is 9.10. The van der Waals surface area contributed by atoms with Crippen LogP contribution >= 0.6 is 0 Å². The van der Waals surface area contributed by atoms with Crippen LogP contribution in [0.15, 0.2) is 243 Å². The van der Waals surface area contributed by atoms with Crippen molar-refractivity contribution in [2.75, 3.05) is 4.90 Å². The Hall–Kier alpha value is -7.94. The van der Waals surface area contributed by atoms with E-state index in [0.717, 1.165) is 33.8 Å². The molecule has 2 nitrogen and oxygen atoms in total. The Morgan fingerprint density at radius 2 is 0.733 bits per heavy atom. The van der Waals surface area contributed by atoms with E-state index in [2.05, 4.69) is 252 Å². The van der Waals surface area contributed by atoms with Crippen LogP contribution in [-0.4, -0.2) is 4.57 Å². The molecule has 0 radical (unpaired) electrons. The lowest BCUT2D eigenvalue weighted by Crippen LogP contribution is -2.12. The summed E-state index contributed by atoms with van der Waals surface area (Å²) in [5.41, 5.74) is 16.4. The van der Waals surface area contributed by atoms with Gasteiger partial charge in [-0.05, 0) is 75.2 Å². The molecule has 1 aromatic heterocycles. The molecule has 0 aliphatic carbocycles. The smallest absolute Gasteiger partial charge is 0.0562 e. The maximum absolute atomic E-state index is 2.51. The summed E-state index contributed by atoms with van der Waals surface area (Å²) in [5, 5.41) is 4.78. The number of fused-ring (bicyclic) bond motifs is 4. The van der Waals surface area contributed by atoms with Crippen LogP contribution in [0.5, 0.6) is 0 Å². The third-order valence-corrected chi connectivity index (χ3v) is 11.8. The fourth-order valence-corrected chi connectivity index (χ4v) is 9.10. The van der Waals surface area contributed by atoms with Gasteiger partial charge in [0.25, 0.3) is 0 Å². The van der Waals surface area contributed by atoms with Crippen molar-refractivity contribution in [1.29, 1.82) is 0 Å². The molecule has 11 aromatic rings. The number of para-hydroxylation sites is 3. The van der Waals surface area contributed by atoms with Gasteiger partial charge in [0.1, 0.15) is 0 Å². The van der Waals surface area contributed by atoms with Gasteiger partial charge in [0.05, 0.1) is 33.8 Å². The van der Waals surface area contributed by atoms with Gasteiger partial charge < -0.3 is 9.47 Å². The quantitative estimate of drug-likeness (QED) is 0.150. The van der Waals surface area contributed by atoms with Gasteiger partial charge in [-0.2, -0.15) is 0 Å². The van der Waals surface area contributed by atoms with Gasteiger partial charge in [-0.3, -0.25) is 0 Å². The first-order valence-corrected chi connectivity index (χ1v) is 20.6. The molecule has 0 saturated heterocycles. The van der Waals surface area contributed by atoms with Crippen molar-refractivity contribution in [2.45, 2.75) is 0 Å². The van der Waals surface area contributed by atoms with Gasteiger partial charge in [-0.15, -0.1) is 0 Å². The van der Waals surface area contributed by atoms with Crippen LogP contribution in [0.25, 0.3) is 82.8 Å². The van der Waals surface area contributed by atoms with Crippen LogP contribution < -0.4 is 4.90 Å². The predicted octanol–water partition coefficient (Wildman–Crippen LogP) is 16.1. The van der Waals surface area contributed by atoms with Crippen molar-refractivity contribution in [3.63, 3.8) is 0 Å². The average Bonchev–Trinajstić information content (AvgIpc) is 3.67. The Labute approximate surface area is 350 Å². The number of aromatic nitrogens is 1. The van der Waals surface area contributed by atoms with Crippen LogP contribution in [0.2, 0.25) is 0 Å². The van der Waals surface area contributed by atoms with Crippen molar-refractivity contribution in [3.05, 3.63) is 243 Å². The highest BCUT2D eigenvalue weighted by molar-refractivity contribution is 6.18. The molecule has 0 spiro atoms. The van der Waals surface area contributed by atoms with Crippen LogP contribution in [0.3, 0.4) is 0 Å². The standard InChI is InChI=1S/C58H40N2/c1-4-19-41(20-5-1)42-35-37-45(38-36-42)46-39-40-55(50-28-11-10-27-49(46)50)60(53-31-16-13-26-48(53)44-23-8-3-9-24-44)57-34-18-33-56-58(57)51-29-14-17-32-54(51)59(56)52-30-15-12-25-47(52)43-21-6-2-7-22-43/h1-40H. The summed E-state index contributed by atoms with van der Waals surface area (Å²) in [7, 11) is 0. The third-order valence-electron chi connectivity index (χ3n) is 11.8. The Balaban J connectivity index is 1.18. The number of anilines is 3. The minimum absolute atomic E-state index is 1.11. The SMILES string of the molecule is c1ccc(-c2ccc(-c3ccc(N(c4ccccc4-c4ccccc4)c4cccc5c4c4ccccc4n5-c4ccccc4-c4ccccc4)c4ccccc34)cc2)cc1. The van der Waals surface area contributed by atoms with Crippen LogP contribution in [-0.2, 0) is 0 Å². The number of rotatable bonds is 8. The van der Waals surface area contributed by atoms with Crippen molar-refractivity contribution in [2.24, 2.45) is 0 Å². The van der Waals surface area contributed by atoms with E-state index in [-0.39, 0.29) is 0 Å². The van der Waals surface area contributed by atoms with Gasteiger partial charge in [0.2, 0.25) is 0 Å². The van der Waals surface area contributed by atoms with Gasteiger partial charge >= 0.3 is 0 Å². The first-order valence-electron chi connectivity index (χ1n) is 20.6. The molecule has 1 heterocycles. The summed E-state index contributed by atoms with van der Waals surface area (Å²) in [5.74, 6) is 0. The molecule has 0 N–H and O–H groups in total. The number of hydrogen-bond acceptors (Lipinski definition) is 1. The first-order chi connectivity index (χ1) is 29.8. The van der Waals surface area contributed by atoms with E-state index in [0.29, 0.717) is 0 Å². The predicted molar refractivity (Wildman–Crippen MR) is 255 cm³/mol. The number of hydrogen-bond donors (Lipinski definition) is 0. The summed E-state index contributed by atoms with van der Waals surface area (Å²) in [6.07, 6.45) is 0. The lowest BCUT2D eigenvalue weighted by molar-refractivity contribution is 1.18. The Bertz CT molecular complexity index is 3290. The fraction of sp³-hybridized carbons (Fsp3) is 0. The Kier molecular flexibility index (Phi) is 8.87. The van der Waals surface area contributed by atoms with Crippen LogP contribution in [0.1, 0.15) is 0 Å². The summed E-state index contributed by atoms with van der Waals surface area (Å²) in [4.78, 5) is 2.51. The summed E-state index contributed by atoms with van der Waals surface area (Å²) < 4.78 is 2.46. The largest absolute Gasteiger partial charge is 0.309 e. The van der Waals surface area contributed by atoms with Gasteiger partial charge in [0.15, 0.2) is 0 Å². The van der Waals surface area contributed by atoms with Crippen molar-refractivity contribution >= 4 is 49.6 Å². The first kappa shape index (κ1) is 35.2. The van der Waals surface area contributed by atoms with Gasteiger partial charge in [-0.25, -0.2) is 0 Å². The molecule has 0 unspecified atom stereocenters. The molecule has 2 heteroatoms. The molecule has 0 aliphatic heterocycles. The molecule has 0 saturated carbocycles. The molecule has 60 heavy (non-hydrogen) atoms. The van der Waals surface area contributed by atoms with E-state index in [1.165, 1.54) is 66.0 Å². The highest BCUT2D eigenvalue weighted by Gasteiger charge is 2.25. The number of benzene rings is 10. The van der Waals surface area contributed by atoms with E-state index in [1.807, 2.05) is 0 Å².